The van der Waals surface area contributed by atoms with Crippen LogP contribution < -0.4 is 10.1 Å². The van der Waals surface area contributed by atoms with E-state index in [1.165, 1.54) is 19.3 Å². The molecule has 1 saturated carbocycles. The standard InChI is InChI=1S/C14H20ClNO/c1-2-16-9-12-7-4-8-13(15)14(12)17-10-11-5-3-6-11/h4,7-8,11,16H,2-3,5-6,9-10H2,1H3. The van der Waals surface area contributed by atoms with E-state index in [0.29, 0.717) is 0 Å². The normalized spacial score (nSPS) is 15.6. The van der Waals surface area contributed by atoms with Crippen molar-refractivity contribution in [3.8, 4) is 5.75 Å². The first-order valence-electron chi connectivity index (χ1n) is 6.42. The van der Waals surface area contributed by atoms with Crippen molar-refractivity contribution in [1.29, 1.82) is 0 Å². The number of nitrogens with one attached hydrogen (secondary N) is 1. The van der Waals surface area contributed by atoms with Gasteiger partial charge in [-0.15, -0.1) is 0 Å². The van der Waals surface area contributed by atoms with Crippen molar-refractivity contribution in [2.75, 3.05) is 13.2 Å². The first-order chi connectivity index (χ1) is 8.31. The molecular formula is C14H20ClNO. The van der Waals surface area contributed by atoms with Crippen molar-refractivity contribution in [2.24, 2.45) is 5.92 Å². The summed E-state index contributed by atoms with van der Waals surface area (Å²) in [6.45, 7) is 4.67. The lowest BCUT2D eigenvalue weighted by molar-refractivity contribution is 0.179. The van der Waals surface area contributed by atoms with Crippen LogP contribution in [0, 0.1) is 5.92 Å². The number of halogens is 1. The quantitative estimate of drug-likeness (QED) is 0.836. The smallest absolute Gasteiger partial charge is 0.142 e. The molecule has 0 amide bonds. The third-order valence-electron chi connectivity index (χ3n) is 3.30. The average molecular weight is 254 g/mol. The lowest BCUT2D eigenvalue weighted by Gasteiger charge is -2.26. The Balaban J connectivity index is 2.00. The van der Waals surface area contributed by atoms with E-state index >= 15 is 0 Å². The zero-order valence-corrected chi connectivity index (χ0v) is 11.1. The molecule has 1 aromatic rings. The molecule has 0 aliphatic heterocycles. The lowest BCUT2D eigenvalue weighted by atomic mass is 9.86. The van der Waals surface area contributed by atoms with E-state index in [2.05, 4.69) is 18.3 Å². The predicted octanol–water partition coefficient (Wildman–Crippen LogP) is 3.63. The Morgan fingerprint density at radius 2 is 2.24 bits per heavy atom. The van der Waals surface area contributed by atoms with Gasteiger partial charge in [0, 0.05) is 12.1 Å². The van der Waals surface area contributed by atoms with Crippen LogP contribution in [0.5, 0.6) is 5.75 Å². The van der Waals surface area contributed by atoms with E-state index in [1.54, 1.807) is 0 Å². The number of hydrogen-bond acceptors (Lipinski definition) is 2. The van der Waals surface area contributed by atoms with Crippen LogP contribution in [0.2, 0.25) is 5.02 Å². The van der Waals surface area contributed by atoms with Crippen LogP contribution in [-0.4, -0.2) is 13.2 Å². The second-order valence-electron chi connectivity index (χ2n) is 4.62. The summed E-state index contributed by atoms with van der Waals surface area (Å²) in [5.41, 5.74) is 1.15. The van der Waals surface area contributed by atoms with E-state index in [9.17, 15) is 0 Å². The largest absolute Gasteiger partial charge is 0.491 e. The maximum Gasteiger partial charge on any atom is 0.142 e. The topological polar surface area (TPSA) is 21.3 Å². The van der Waals surface area contributed by atoms with E-state index < -0.39 is 0 Å². The summed E-state index contributed by atoms with van der Waals surface area (Å²) in [6, 6.07) is 5.95. The van der Waals surface area contributed by atoms with Crippen LogP contribution >= 0.6 is 11.6 Å². The van der Waals surface area contributed by atoms with Gasteiger partial charge in [-0.25, -0.2) is 0 Å². The van der Waals surface area contributed by atoms with E-state index in [-0.39, 0.29) is 0 Å². The Bertz CT molecular complexity index is 363. The molecule has 2 rings (SSSR count). The van der Waals surface area contributed by atoms with Gasteiger partial charge in [0.1, 0.15) is 5.75 Å². The number of para-hydroxylation sites is 1. The number of benzene rings is 1. The first-order valence-corrected chi connectivity index (χ1v) is 6.80. The van der Waals surface area contributed by atoms with Gasteiger partial charge in [0.2, 0.25) is 0 Å². The van der Waals surface area contributed by atoms with Gasteiger partial charge in [-0.1, -0.05) is 37.1 Å². The molecule has 1 aliphatic carbocycles. The summed E-state index contributed by atoms with van der Waals surface area (Å²) in [4.78, 5) is 0. The van der Waals surface area contributed by atoms with Gasteiger partial charge in [-0.05, 0) is 31.4 Å². The minimum Gasteiger partial charge on any atom is -0.491 e. The third-order valence-corrected chi connectivity index (χ3v) is 3.60. The Hall–Kier alpha value is -0.730. The molecule has 1 aromatic carbocycles. The maximum atomic E-state index is 6.20. The molecule has 0 radical (unpaired) electrons. The van der Waals surface area contributed by atoms with E-state index in [1.807, 2.05) is 12.1 Å². The van der Waals surface area contributed by atoms with E-state index in [0.717, 1.165) is 41.9 Å². The van der Waals surface area contributed by atoms with Crippen LogP contribution in [0.3, 0.4) is 0 Å². The third kappa shape index (κ3) is 3.36. The number of rotatable bonds is 6. The molecule has 1 N–H and O–H groups in total. The Labute approximate surface area is 108 Å². The molecule has 1 fully saturated rings. The summed E-state index contributed by atoms with van der Waals surface area (Å²) in [7, 11) is 0. The van der Waals surface area contributed by atoms with Crippen molar-refractivity contribution in [3.63, 3.8) is 0 Å². The molecule has 17 heavy (non-hydrogen) atoms. The molecular weight excluding hydrogens is 234 g/mol. The van der Waals surface area contributed by atoms with Gasteiger partial charge in [-0.2, -0.15) is 0 Å². The van der Waals surface area contributed by atoms with Gasteiger partial charge in [0.15, 0.2) is 0 Å². The van der Waals surface area contributed by atoms with Gasteiger partial charge in [-0.3, -0.25) is 0 Å². The van der Waals surface area contributed by atoms with Crippen molar-refractivity contribution in [3.05, 3.63) is 28.8 Å². The van der Waals surface area contributed by atoms with E-state index in [4.69, 9.17) is 16.3 Å². The molecule has 0 bridgehead atoms. The minimum absolute atomic E-state index is 0.722. The lowest BCUT2D eigenvalue weighted by Crippen LogP contribution is -2.20. The zero-order chi connectivity index (χ0) is 12.1. The highest BCUT2D eigenvalue weighted by Crippen LogP contribution is 2.32. The van der Waals surface area contributed by atoms with Gasteiger partial charge in [0.25, 0.3) is 0 Å². The molecule has 1 aliphatic rings. The maximum absolute atomic E-state index is 6.20. The Morgan fingerprint density at radius 1 is 1.41 bits per heavy atom. The summed E-state index contributed by atoms with van der Waals surface area (Å²) in [5.74, 6) is 1.60. The Morgan fingerprint density at radius 3 is 2.88 bits per heavy atom. The fraction of sp³-hybridized carbons (Fsp3) is 0.571. The fourth-order valence-electron chi connectivity index (χ4n) is 1.97. The number of ether oxygens (including phenoxy) is 1. The van der Waals surface area contributed by atoms with Crippen LogP contribution in [0.1, 0.15) is 31.7 Å². The summed E-state index contributed by atoms with van der Waals surface area (Å²) < 4.78 is 5.90. The molecule has 0 atom stereocenters. The van der Waals surface area contributed by atoms with Crippen LogP contribution in [0.25, 0.3) is 0 Å². The first kappa shape index (κ1) is 12.7. The fourth-order valence-corrected chi connectivity index (χ4v) is 2.22. The highest BCUT2D eigenvalue weighted by Gasteiger charge is 2.19. The van der Waals surface area contributed by atoms with Crippen molar-refractivity contribution in [1.82, 2.24) is 5.32 Å². The second kappa shape index (κ2) is 6.27. The van der Waals surface area contributed by atoms with Crippen LogP contribution in [-0.2, 0) is 6.54 Å². The van der Waals surface area contributed by atoms with Gasteiger partial charge >= 0.3 is 0 Å². The highest BCUT2D eigenvalue weighted by molar-refractivity contribution is 6.32. The minimum atomic E-state index is 0.722. The molecule has 0 heterocycles. The summed E-state index contributed by atoms with van der Waals surface area (Å²) in [5, 5.41) is 4.03. The van der Waals surface area contributed by atoms with Crippen LogP contribution in [0.15, 0.2) is 18.2 Å². The molecule has 0 unspecified atom stereocenters. The monoisotopic (exact) mass is 253 g/mol. The molecule has 3 heteroatoms. The van der Waals surface area contributed by atoms with Gasteiger partial charge in [0.05, 0.1) is 11.6 Å². The zero-order valence-electron chi connectivity index (χ0n) is 10.3. The predicted molar refractivity (Wildman–Crippen MR) is 71.7 cm³/mol. The SMILES string of the molecule is CCNCc1cccc(Cl)c1OCC1CCC1. The second-order valence-corrected chi connectivity index (χ2v) is 5.02. The summed E-state index contributed by atoms with van der Waals surface area (Å²) >= 11 is 6.20. The van der Waals surface area contributed by atoms with Gasteiger partial charge < -0.3 is 10.1 Å². The van der Waals surface area contributed by atoms with Crippen molar-refractivity contribution < 1.29 is 4.74 Å². The van der Waals surface area contributed by atoms with Crippen LogP contribution in [0.4, 0.5) is 0 Å². The summed E-state index contributed by atoms with van der Waals surface area (Å²) in [6.07, 6.45) is 3.95. The van der Waals surface area contributed by atoms with Crippen molar-refractivity contribution in [2.45, 2.75) is 32.7 Å². The number of hydrogen-bond donors (Lipinski definition) is 1. The van der Waals surface area contributed by atoms with Crippen molar-refractivity contribution >= 4 is 11.6 Å². The molecule has 0 saturated heterocycles. The Kier molecular flexibility index (Phi) is 4.69. The molecule has 2 nitrogen and oxygen atoms in total. The molecule has 94 valence electrons. The molecule has 0 spiro atoms. The highest BCUT2D eigenvalue weighted by atomic mass is 35.5. The molecule has 0 aromatic heterocycles. The average Bonchev–Trinajstić information content (AvgIpc) is 2.27.